The normalized spacial score (nSPS) is 16.5. The molecule has 9 nitrogen and oxygen atoms in total. The van der Waals surface area contributed by atoms with Gasteiger partial charge in [-0.2, -0.15) is 0 Å². The minimum atomic E-state index is -0.0322. The highest BCUT2D eigenvalue weighted by Gasteiger charge is 2.27. The number of methoxy groups -OCH3 is 1. The molecule has 0 spiro atoms. The van der Waals surface area contributed by atoms with E-state index in [9.17, 15) is 9.90 Å². The topological polar surface area (TPSA) is 100 Å². The number of amides is 1. The van der Waals surface area contributed by atoms with Gasteiger partial charge in [0.2, 0.25) is 5.91 Å². The lowest BCUT2D eigenvalue weighted by Gasteiger charge is -2.37. The van der Waals surface area contributed by atoms with Gasteiger partial charge in [0.25, 0.3) is 0 Å². The Balaban J connectivity index is 1.50. The molecule has 0 unspecified atom stereocenters. The van der Waals surface area contributed by atoms with Gasteiger partial charge in [0.15, 0.2) is 11.6 Å². The Morgan fingerprint density at radius 1 is 1.27 bits per heavy atom. The molecular weight excluding hydrogens is 422 g/mol. The first kappa shape index (κ1) is 23.4. The fourth-order valence-corrected chi connectivity index (χ4v) is 4.26. The van der Waals surface area contributed by atoms with Crippen LogP contribution in [0.15, 0.2) is 30.5 Å². The number of fused-ring (bicyclic) bond motifs is 1. The van der Waals surface area contributed by atoms with Gasteiger partial charge in [0.1, 0.15) is 0 Å². The van der Waals surface area contributed by atoms with Gasteiger partial charge in [-0.15, -0.1) is 0 Å². The van der Waals surface area contributed by atoms with Crippen LogP contribution in [0.2, 0.25) is 0 Å². The van der Waals surface area contributed by atoms with E-state index in [0.29, 0.717) is 38.0 Å². The van der Waals surface area contributed by atoms with Gasteiger partial charge in [0.05, 0.1) is 31.6 Å². The van der Waals surface area contributed by atoms with Crippen LogP contribution in [-0.2, 0) is 20.9 Å². The number of aromatic nitrogens is 2. The average molecular weight is 456 g/mol. The first-order valence-corrected chi connectivity index (χ1v) is 11.6. The fraction of sp³-hybridized carbons (Fsp3) is 0.542. The predicted octanol–water partition coefficient (Wildman–Crippen LogP) is 1.45. The van der Waals surface area contributed by atoms with Crippen molar-refractivity contribution in [3.63, 3.8) is 0 Å². The second-order valence-electron chi connectivity index (χ2n) is 8.52. The van der Waals surface area contributed by atoms with Gasteiger partial charge in [-0.3, -0.25) is 4.79 Å². The molecule has 0 aliphatic carbocycles. The molecule has 3 heterocycles. The Bertz CT molecular complexity index is 935. The second kappa shape index (κ2) is 11.4. The van der Waals surface area contributed by atoms with Crippen LogP contribution in [0.4, 0.5) is 11.5 Å². The number of aliphatic hydroxyl groups is 1. The minimum Gasteiger partial charge on any atom is -0.392 e. The highest BCUT2D eigenvalue weighted by atomic mass is 16.5. The number of hydrogen-bond donors (Lipinski definition) is 2. The maximum Gasteiger partial charge on any atom is 0.239 e. The van der Waals surface area contributed by atoms with E-state index in [2.05, 4.69) is 15.2 Å². The van der Waals surface area contributed by atoms with Gasteiger partial charge in [-0.05, 0) is 30.4 Å². The molecule has 0 bridgehead atoms. The number of carbonyl (C=O) groups is 1. The third-order valence-corrected chi connectivity index (χ3v) is 6.23. The lowest BCUT2D eigenvalue weighted by molar-refractivity contribution is -0.120. The van der Waals surface area contributed by atoms with E-state index < -0.39 is 0 Å². The number of ether oxygens (including phenoxy) is 2. The minimum absolute atomic E-state index is 0.0116. The third kappa shape index (κ3) is 5.98. The summed E-state index contributed by atoms with van der Waals surface area (Å²) in [6, 6.07) is 7.59. The van der Waals surface area contributed by atoms with Crippen LogP contribution >= 0.6 is 0 Å². The Morgan fingerprint density at radius 3 is 2.88 bits per heavy atom. The summed E-state index contributed by atoms with van der Waals surface area (Å²) in [5.74, 6) is 1.89. The molecule has 1 saturated heterocycles. The summed E-state index contributed by atoms with van der Waals surface area (Å²) in [5, 5.41) is 12.6. The summed E-state index contributed by atoms with van der Waals surface area (Å²) in [6.45, 7) is 5.24. The highest BCUT2D eigenvalue weighted by Crippen LogP contribution is 2.32. The van der Waals surface area contributed by atoms with Crippen LogP contribution in [-0.4, -0.2) is 80.6 Å². The highest BCUT2D eigenvalue weighted by molar-refractivity contribution is 5.83. The van der Waals surface area contributed by atoms with Crippen LogP contribution in [0, 0.1) is 5.92 Å². The zero-order valence-electron chi connectivity index (χ0n) is 19.2. The Kier molecular flexibility index (Phi) is 8.09. The molecule has 33 heavy (non-hydrogen) atoms. The van der Waals surface area contributed by atoms with E-state index in [1.807, 2.05) is 29.2 Å². The van der Waals surface area contributed by atoms with Gasteiger partial charge < -0.3 is 29.7 Å². The van der Waals surface area contributed by atoms with Crippen molar-refractivity contribution < 1.29 is 19.4 Å². The summed E-state index contributed by atoms with van der Waals surface area (Å²) in [6.07, 6.45) is 3.79. The molecule has 1 amide bonds. The van der Waals surface area contributed by atoms with Crippen LogP contribution < -0.4 is 15.1 Å². The predicted molar refractivity (Wildman–Crippen MR) is 126 cm³/mol. The Hall–Kier alpha value is -2.75. The quantitative estimate of drug-likeness (QED) is 0.586. The van der Waals surface area contributed by atoms with E-state index in [4.69, 9.17) is 14.5 Å². The molecule has 2 N–H and O–H groups in total. The van der Waals surface area contributed by atoms with Gasteiger partial charge in [0, 0.05) is 52.1 Å². The molecule has 9 heteroatoms. The second-order valence-corrected chi connectivity index (χ2v) is 8.52. The van der Waals surface area contributed by atoms with Gasteiger partial charge in [-0.1, -0.05) is 18.2 Å². The number of anilines is 2. The number of hydrogen-bond acceptors (Lipinski definition) is 8. The van der Waals surface area contributed by atoms with Crippen LogP contribution in [0.1, 0.15) is 18.4 Å². The van der Waals surface area contributed by atoms with Crippen molar-refractivity contribution in [2.45, 2.75) is 19.4 Å². The van der Waals surface area contributed by atoms with E-state index >= 15 is 0 Å². The molecule has 1 aromatic heterocycles. The van der Waals surface area contributed by atoms with E-state index in [-0.39, 0.29) is 19.1 Å². The zero-order valence-corrected chi connectivity index (χ0v) is 19.2. The molecule has 0 saturated carbocycles. The Morgan fingerprint density at radius 2 is 2.09 bits per heavy atom. The van der Waals surface area contributed by atoms with Crippen molar-refractivity contribution in [3.05, 3.63) is 36.0 Å². The van der Waals surface area contributed by atoms with Crippen molar-refractivity contribution in [2.75, 3.05) is 69.5 Å². The van der Waals surface area contributed by atoms with Crippen molar-refractivity contribution in [3.8, 4) is 11.4 Å². The Labute approximate surface area is 194 Å². The van der Waals surface area contributed by atoms with E-state index in [1.165, 1.54) is 0 Å². The van der Waals surface area contributed by atoms with Crippen molar-refractivity contribution in [2.24, 2.45) is 5.92 Å². The van der Waals surface area contributed by atoms with Crippen molar-refractivity contribution >= 4 is 17.4 Å². The number of benzene rings is 1. The largest absolute Gasteiger partial charge is 0.392 e. The molecule has 1 aromatic carbocycles. The van der Waals surface area contributed by atoms with E-state index in [1.54, 1.807) is 13.3 Å². The monoisotopic (exact) mass is 455 g/mol. The van der Waals surface area contributed by atoms with Crippen LogP contribution in [0.3, 0.4) is 0 Å². The standard InChI is InChI=1S/C24H33N5O4/c1-32-12-9-28-7-8-29(16-22(31)25-14-18-5-10-33-11-6-18)21-15-26-23(27-24(21)28)20-4-2-3-19(13-20)17-30/h2-4,13,15,18,30H,5-12,14,16-17H2,1H3,(H,25,31). The lowest BCUT2D eigenvalue weighted by atomic mass is 10.0. The molecule has 178 valence electrons. The van der Waals surface area contributed by atoms with Gasteiger partial charge in [-0.25, -0.2) is 9.97 Å². The summed E-state index contributed by atoms with van der Waals surface area (Å²) in [4.78, 5) is 26.4. The molecule has 2 aliphatic rings. The molecule has 4 rings (SSSR count). The third-order valence-electron chi connectivity index (χ3n) is 6.23. The first-order valence-electron chi connectivity index (χ1n) is 11.6. The number of rotatable bonds is 9. The number of nitrogens with zero attached hydrogens (tertiary/aromatic N) is 4. The molecule has 0 atom stereocenters. The summed E-state index contributed by atoms with van der Waals surface area (Å²) < 4.78 is 10.7. The SMILES string of the molecule is COCCN1CCN(CC(=O)NCC2CCOCC2)c2cnc(-c3cccc(CO)c3)nc21. The lowest BCUT2D eigenvalue weighted by Crippen LogP contribution is -2.47. The molecule has 1 fully saturated rings. The maximum absolute atomic E-state index is 12.7. The smallest absolute Gasteiger partial charge is 0.239 e. The summed E-state index contributed by atoms with van der Waals surface area (Å²) >= 11 is 0. The average Bonchev–Trinajstić information content (AvgIpc) is 2.87. The van der Waals surface area contributed by atoms with Gasteiger partial charge >= 0.3 is 0 Å². The summed E-state index contributed by atoms with van der Waals surface area (Å²) in [7, 11) is 1.69. The van der Waals surface area contributed by atoms with Crippen molar-refractivity contribution in [1.29, 1.82) is 0 Å². The molecular formula is C24H33N5O4. The first-order chi connectivity index (χ1) is 16.2. The summed E-state index contributed by atoms with van der Waals surface area (Å²) in [5.41, 5.74) is 2.51. The molecule has 2 aliphatic heterocycles. The molecule has 0 radical (unpaired) electrons. The number of nitrogens with one attached hydrogen (secondary N) is 1. The maximum atomic E-state index is 12.7. The van der Waals surface area contributed by atoms with Crippen LogP contribution in [0.25, 0.3) is 11.4 Å². The zero-order chi connectivity index (χ0) is 23.0. The van der Waals surface area contributed by atoms with E-state index in [0.717, 1.165) is 55.2 Å². The number of aliphatic hydroxyl groups excluding tert-OH is 1. The molecule has 2 aromatic rings. The van der Waals surface area contributed by atoms with Crippen LogP contribution in [0.5, 0.6) is 0 Å². The fourth-order valence-electron chi connectivity index (χ4n) is 4.26. The number of carbonyl (C=O) groups excluding carboxylic acids is 1. The van der Waals surface area contributed by atoms with Crippen molar-refractivity contribution in [1.82, 2.24) is 15.3 Å².